The molecule has 1 N–H and O–H groups in total. The number of carbonyl (C=O) groups is 2. The maximum Gasteiger partial charge on any atom is 0.243 e. The van der Waals surface area contributed by atoms with Gasteiger partial charge < -0.3 is 15.0 Å². The van der Waals surface area contributed by atoms with Crippen LogP contribution < -0.4 is 10.1 Å². The summed E-state index contributed by atoms with van der Waals surface area (Å²) in [6.45, 7) is 0.647. The number of rotatable bonds is 5. The van der Waals surface area contributed by atoms with Crippen molar-refractivity contribution in [3.8, 4) is 5.75 Å². The first kappa shape index (κ1) is 16.1. The zero-order valence-corrected chi connectivity index (χ0v) is 13.6. The summed E-state index contributed by atoms with van der Waals surface area (Å²) < 4.78 is 5.13. The largest absolute Gasteiger partial charge is 0.497 e. The molecule has 0 saturated carbocycles. The quantitative estimate of drug-likeness (QED) is 0.920. The molecule has 1 aliphatic heterocycles. The molecule has 0 unspecified atom stereocenters. The topological polar surface area (TPSA) is 58.6 Å². The van der Waals surface area contributed by atoms with Crippen molar-refractivity contribution in [3.05, 3.63) is 60.2 Å². The SMILES string of the molecule is COc1cccc(NC(=O)CN2C[C@H](c3ccccc3)CC2=O)c1. The van der Waals surface area contributed by atoms with E-state index in [0.717, 1.165) is 5.56 Å². The number of amides is 2. The summed E-state index contributed by atoms with van der Waals surface area (Å²) in [6, 6.07) is 17.1. The monoisotopic (exact) mass is 324 g/mol. The molecular formula is C19H20N2O3. The standard InChI is InChI=1S/C19H20N2O3/c1-24-17-9-5-8-16(11-17)20-18(22)13-21-12-15(10-19(21)23)14-6-3-2-4-7-14/h2-9,11,15H,10,12-13H2,1H3,(H,20,22)/t15-/m1/s1. The zero-order chi connectivity index (χ0) is 16.9. The van der Waals surface area contributed by atoms with Crippen LogP contribution in [0.1, 0.15) is 17.9 Å². The minimum absolute atomic E-state index is 0.0182. The Morgan fingerprint density at radius 2 is 2.00 bits per heavy atom. The maximum atomic E-state index is 12.2. The van der Waals surface area contributed by atoms with Crippen LogP contribution in [0.3, 0.4) is 0 Å². The summed E-state index contributed by atoms with van der Waals surface area (Å²) in [6.07, 6.45) is 0.455. The molecule has 124 valence electrons. The van der Waals surface area contributed by atoms with Gasteiger partial charge in [0.25, 0.3) is 0 Å². The Kier molecular flexibility index (Phi) is 4.79. The van der Waals surface area contributed by atoms with Gasteiger partial charge in [0.15, 0.2) is 0 Å². The smallest absolute Gasteiger partial charge is 0.243 e. The number of hydrogen-bond acceptors (Lipinski definition) is 3. The number of ether oxygens (including phenoxy) is 1. The lowest BCUT2D eigenvalue weighted by atomic mass is 9.99. The Morgan fingerprint density at radius 1 is 1.21 bits per heavy atom. The van der Waals surface area contributed by atoms with E-state index in [2.05, 4.69) is 5.32 Å². The fourth-order valence-electron chi connectivity index (χ4n) is 2.95. The lowest BCUT2D eigenvalue weighted by molar-refractivity contribution is -0.131. The number of anilines is 1. The molecule has 3 rings (SSSR count). The third kappa shape index (κ3) is 3.74. The minimum Gasteiger partial charge on any atom is -0.497 e. The van der Waals surface area contributed by atoms with Crippen molar-refractivity contribution in [2.45, 2.75) is 12.3 Å². The number of nitrogens with zero attached hydrogens (tertiary/aromatic N) is 1. The predicted molar refractivity (Wildman–Crippen MR) is 92.0 cm³/mol. The van der Waals surface area contributed by atoms with E-state index in [1.54, 1.807) is 30.2 Å². The van der Waals surface area contributed by atoms with Gasteiger partial charge in [-0.3, -0.25) is 9.59 Å². The van der Waals surface area contributed by atoms with Crippen LogP contribution in [-0.4, -0.2) is 36.9 Å². The molecule has 5 heteroatoms. The molecular weight excluding hydrogens is 304 g/mol. The first-order chi connectivity index (χ1) is 11.7. The van der Waals surface area contributed by atoms with Crippen LogP contribution in [0.25, 0.3) is 0 Å². The fourth-order valence-corrected chi connectivity index (χ4v) is 2.95. The van der Waals surface area contributed by atoms with Crippen molar-refractivity contribution in [2.24, 2.45) is 0 Å². The molecule has 1 atom stereocenters. The first-order valence-electron chi connectivity index (χ1n) is 7.92. The summed E-state index contributed by atoms with van der Waals surface area (Å²) in [5.41, 5.74) is 1.80. The van der Waals surface area contributed by atoms with Crippen molar-refractivity contribution in [2.75, 3.05) is 25.5 Å². The highest BCUT2D eigenvalue weighted by Gasteiger charge is 2.31. The lowest BCUT2D eigenvalue weighted by Crippen LogP contribution is -2.34. The molecule has 1 aliphatic rings. The normalized spacial score (nSPS) is 17.0. The van der Waals surface area contributed by atoms with E-state index in [4.69, 9.17) is 4.74 Å². The molecule has 2 amide bonds. The molecule has 2 aromatic carbocycles. The molecule has 0 aromatic heterocycles. The number of hydrogen-bond donors (Lipinski definition) is 1. The fraction of sp³-hybridized carbons (Fsp3) is 0.263. The highest BCUT2D eigenvalue weighted by atomic mass is 16.5. The molecule has 5 nitrogen and oxygen atoms in total. The number of methoxy groups -OCH3 is 1. The van der Waals surface area contributed by atoms with Crippen molar-refractivity contribution < 1.29 is 14.3 Å². The number of nitrogens with one attached hydrogen (secondary N) is 1. The van der Waals surface area contributed by atoms with Gasteiger partial charge in [-0.2, -0.15) is 0 Å². The summed E-state index contributed by atoms with van der Waals surface area (Å²) >= 11 is 0. The van der Waals surface area contributed by atoms with E-state index >= 15 is 0 Å². The van der Waals surface area contributed by atoms with Gasteiger partial charge in [-0.05, 0) is 17.7 Å². The molecule has 0 aliphatic carbocycles. The summed E-state index contributed by atoms with van der Waals surface area (Å²) in [5, 5.41) is 2.81. The van der Waals surface area contributed by atoms with Crippen LogP contribution in [0.5, 0.6) is 5.75 Å². The number of benzene rings is 2. The predicted octanol–water partition coefficient (Wildman–Crippen LogP) is 2.65. The van der Waals surface area contributed by atoms with Crippen LogP contribution >= 0.6 is 0 Å². The van der Waals surface area contributed by atoms with E-state index < -0.39 is 0 Å². The average Bonchev–Trinajstić information content (AvgIpc) is 2.96. The summed E-state index contributed by atoms with van der Waals surface area (Å²) in [4.78, 5) is 26.0. The second-order valence-corrected chi connectivity index (χ2v) is 5.87. The van der Waals surface area contributed by atoms with Gasteiger partial charge in [-0.15, -0.1) is 0 Å². The van der Waals surface area contributed by atoms with Crippen molar-refractivity contribution in [3.63, 3.8) is 0 Å². The van der Waals surface area contributed by atoms with Crippen LogP contribution in [-0.2, 0) is 9.59 Å². The molecule has 0 bridgehead atoms. The van der Waals surface area contributed by atoms with E-state index in [1.807, 2.05) is 36.4 Å². The highest BCUT2D eigenvalue weighted by Crippen LogP contribution is 2.27. The summed E-state index contributed by atoms with van der Waals surface area (Å²) in [5.74, 6) is 0.646. The van der Waals surface area contributed by atoms with Crippen molar-refractivity contribution in [1.29, 1.82) is 0 Å². The van der Waals surface area contributed by atoms with Crippen molar-refractivity contribution >= 4 is 17.5 Å². The zero-order valence-electron chi connectivity index (χ0n) is 13.6. The van der Waals surface area contributed by atoms with Crippen LogP contribution in [0, 0.1) is 0 Å². The molecule has 1 heterocycles. The Bertz CT molecular complexity index is 730. The average molecular weight is 324 g/mol. The third-order valence-corrected chi connectivity index (χ3v) is 4.17. The van der Waals surface area contributed by atoms with Crippen LogP contribution in [0.2, 0.25) is 0 Å². The van der Waals surface area contributed by atoms with Crippen molar-refractivity contribution in [1.82, 2.24) is 4.90 Å². The van der Waals surface area contributed by atoms with Gasteiger partial charge in [-0.25, -0.2) is 0 Å². The Hall–Kier alpha value is -2.82. The minimum atomic E-state index is -0.203. The van der Waals surface area contributed by atoms with Crippen LogP contribution in [0.15, 0.2) is 54.6 Å². The van der Waals surface area contributed by atoms with Gasteiger partial charge in [0.05, 0.1) is 13.7 Å². The molecule has 2 aromatic rings. The van der Waals surface area contributed by atoms with Gasteiger partial charge in [0.1, 0.15) is 5.75 Å². The van der Waals surface area contributed by atoms with E-state index in [1.165, 1.54) is 0 Å². The number of carbonyl (C=O) groups excluding carboxylic acids is 2. The molecule has 1 fully saturated rings. The number of likely N-dealkylation sites (tertiary alicyclic amines) is 1. The molecule has 0 spiro atoms. The molecule has 0 radical (unpaired) electrons. The second-order valence-electron chi connectivity index (χ2n) is 5.87. The van der Waals surface area contributed by atoms with Gasteiger partial charge in [-0.1, -0.05) is 36.4 Å². The second kappa shape index (κ2) is 7.17. The first-order valence-corrected chi connectivity index (χ1v) is 7.92. The Morgan fingerprint density at radius 3 is 2.75 bits per heavy atom. The van der Waals surface area contributed by atoms with E-state index in [0.29, 0.717) is 24.4 Å². The van der Waals surface area contributed by atoms with E-state index in [9.17, 15) is 9.59 Å². The van der Waals surface area contributed by atoms with Gasteiger partial charge in [0.2, 0.25) is 11.8 Å². The third-order valence-electron chi connectivity index (χ3n) is 4.17. The van der Waals surface area contributed by atoms with Gasteiger partial charge in [0, 0.05) is 30.6 Å². The highest BCUT2D eigenvalue weighted by molar-refractivity contribution is 5.95. The molecule has 24 heavy (non-hydrogen) atoms. The maximum absolute atomic E-state index is 12.2. The Labute approximate surface area is 141 Å². The summed E-state index contributed by atoms with van der Waals surface area (Å²) in [7, 11) is 1.58. The molecule has 1 saturated heterocycles. The Balaban J connectivity index is 1.59. The van der Waals surface area contributed by atoms with E-state index in [-0.39, 0.29) is 24.3 Å². The lowest BCUT2D eigenvalue weighted by Gasteiger charge is -2.16. The van der Waals surface area contributed by atoms with Gasteiger partial charge >= 0.3 is 0 Å². The van der Waals surface area contributed by atoms with Crippen LogP contribution in [0.4, 0.5) is 5.69 Å².